The molecule has 0 heterocycles. The second-order valence-electron chi connectivity index (χ2n) is 7.33. The highest BCUT2D eigenvalue weighted by molar-refractivity contribution is 7.80. The maximum atomic E-state index is 12.4. The molecule has 0 aromatic carbocycles. The van der Waals surface area contributed by atoms with Gasteiger partial charge in [0, 0.05) is 5.75 Å². The Kier molecular flexibility index (Phi) is 11.0. The van der Waals surface area contributed by atoms with E-state index in [0.29, 0.717) is 0 Å². The summed E-state index contributed by atoms with van der Waals surface area (Å²) in [6.07, 6.45) is 0. The molecule has 10 nitrogen and oxygen atoms in total. The molecule has 0 amide bonds. The molecule has 0 aromatic rings. The number of esters is 3. The Morgan fingerprint density at radius 3 is 1.29 bits per heavy atom. The molecule has 0 saturated carbocycles. The van der Waals surface area contributed by atoms with Crippen LogP contribution in [0.1, 0.15) is 20.8 Å². The fourth-order valence-electron chi connectivity index (χ4n) is 1.63. The number of hydrogen-bond acceptors (Lipinski definition) is 11. The quantitative estimate of drug-likeness (QED) is 0.134. The molecule has 0 aliphatic rings. The predicted molar refractivity (Wildman–Crippen MR) is 99.4 cm³/mol. The van der Waals surface area contributed by atoms with Crippen molar-refractivity contribution in [2.24, 2.45) is 16.2 Å². The van der Waals surface area contributed by atoms with Gasteiger partial charge in [-0.2, -0.15) is 12.6 Å². The highest BCUT2D eigenvalue weighted by atomic mass is 32.1. The van der Waals surface area contributed by atoms with Crippen LogP contribution in [0.2, 0.25) is 0 Å². The first kappa shape index (κ1) is 26.6. The lowest BCUT2D eigenvalue weighted by molar-refractivity contribution is -0.178. The third-order valence-corrected chi connectivity index (χ3v) is 4.42. The van der Waals surface area contributed by atoms with Crippen molar-refractivity contribution in [3.63, 3.8) is 0 Å². The van der Waals surface area contributed by atoms with Crippen molar-refractivity contribution >= 4 is 30.5 Å². The van der Waals surface area contributed by atoms with E-state index in [9.17, 15) is 34.8 Å². The van der Waals surface area contributed by atoms with Gasteiger partial charge in [0.2, 0.25) is 0 Å². The zero-order chi connectivity index (χ0) is 22.0. The topological polar surface area (TPSA) is 160 Å². The lowest BCUT2D eigenvalue weighted by Gasteiger charge is -2.30. The van der Waals surface area contributed by atoms with E-state index in [1.807, 2.05) is 0 Å². The van der Waals surface area contributed by atoms with E-state index in [1.54, 1.807) is 0 Å². The number of carbonyl (C=O) groups excluding carboxylic acids is 3. The number of carbonyl (C=O) groups is 3. The number of aliphatic hydroxyl groups is 4. The van der Waals surface area contributed by atoms with Crippen molar-refractivity contribution in [1.29, 1.82) is 0 Å². The van der Waals surface area contributed by atoms with Gasteiger partial charge in [0.25, 0.3) is 0 Å². The molecule has 164 valence electrons. The molecule has 0 saturated heterocycles. The van der Waals surface area contributed by atoms with Crippen LogP contribution in [0.3, 0.4) is 0 Å². The van der Waals surface area contributed by atoms with Gasteiger partial charge in [-0.25, -0.2) is 0 Å². The molecule has 0 atom stereocenters. The highest BCUT2D eigenvalue weighted by Gasteiger charge is 2.43. The van der Waals surface area contributed by atoms with Gasteiger partial charge in [-0.3, -0.25) is 14.4 Å². The average molecular weight is 426 g/mol. The molecule has 4 N–H and O–H groups in total. The number of thiol groups is 1. The standard InChI is InChI=1S/C17H30O10S/c1-15(6-18,7-19)12(22)26-10-17(3,14(24)25-4-5-28)11-27-13(23)16(2,8-20)9-21/h18-21,28H,4-11H2,1-3H3. The Labute approximate surface area is 169 Å². The summed E-state index contributed by atoms with van der Waals surface area (Å²) in [6, 6.07) is 0. The van der Waals surface area contributed by atoms with Crippen LogP contribution in [0.4, 0.5) is 0 Å². The maximum absolute atomic E-state index is 12.4. The predicted octanol–water partition coefficient (Wildman–Crippen LogP) is -1.47. The van der Waals surface area contributed by atoms with Crippen LogP contribution in [-0.4, -0.2) is 90.3 Å². The summed E-state index contributed by atoms with van der Waals surface area (Å²) in [6.45, 7) is 0.0259. The Morgan fingerprint density at radius 2 is 1.00 bits per heavy atom. The number of ether oxygens (including phenoxy) is 3. The summed E-state index contributed by atoms with van der Waals surface area (Å²) in [4.78, 5) is 36.6. The van der Waals surface area contributed by atoms with Crippen LogP contribution in [0, 0.1) is 16.2 Å². The van der Waals surface area contributed by atoms with Crippen molar-refractivity contribution in [2.45, 2.75) is 20.8 Å². The molecule has 0 aliphatic heterocycles. The molecule has 0 rings (SSSR count). The Balaban J connectivity index is 5.31. The van der Waals surface area contributed by atoms with Gasteiger partial charge in [0.05, 0.1) is 26.4 Å². The Bertz CT molecular complexity index is 494. The lowest BCUT2D eigenvalue weighted by Crippen LogP contribution is -2.45. The molecule has 0 aromatic heterocycles. The monoisotopic (exact) mass is 426 g/mol. The summed E-state index contributed by atoms with van der Waals surface area (Å²) in [7, 11) is 0. The van der Waals surface area contributed by atoms with E-state index in [2.05, 4.69) is 12.6 Å². The Morgan fingerprint density at radius 1 is 0.679 bits per heavy atom. The summed E-state index contributed by atoms with van der Waals surface area (Å²) < 4.78 is 15.1. The summed E-state index contributed by atoms with van der Waals surface area (Å²) >= 11 is 3.93. The van der Waals surface area contributed by atoms with Gasteiger partial charge in [0.15, 0.2) is 0 Å². The summed E-state index contributed by atoms with van der Waals surface area (Å²) in [5, 5.41) is 37.0. The van der Waals surface area contributed by atoms with Gasteiger partial charge >= 0.3 is 17.9 Å². The molecule has 0 unspecified atom stereocenters. The normalized spacial score (nSPS) is 12.4. The molecule has 11 heteroatoms. The minimum atomic E-state index is -1.61. The number of rotatable bonds is 13. The molecule has 0 aliphatic carbocycles. The van der Waals surface area contributed by atoms with Crippen molar-refractivity contribution in [3.8, 4) is 0 Å². The largest absolute Gasteiger partial charge is 0.464 e. The SMILES string of the molecule is CC(CO)(CO)C(=O)OCC(C)(COC(=O)C(C)(CO)CO)C(=O)OCCS. The molecule has 0 fully saturated rings. The second kappa shape index (κ2) is 11.6. The first-order valence-electron chi connectivity index (χ1n) is 8.54. The van der Waals surface area contributed by atoms with Crippen molar-refractivity contribution in [3.05, 3.63) is 0 Å². The van der Waals surface area contributed by atoms with Crippen LogP contribution >= 0.6 is 12.6 Å². The third-order valence-electron chi connectivity index (χ3n) is 4.24. The van der Waals surface area contributed by atoms with Crippen molar-refractivity contribution in [1.82, 2.24) is 0 Å². The van der Waals surface area contributed by atoms with Gasteiger partial charge < -0.3 is 34.6 Å². The molecular weight excluding hydrogens is 396 g/mol. The van der Waals surface area contributed by atoms with E-state index in [1.165, 1.54) is 20.8 Å². The van der Waals surface area contributed by atoms with E-state index < -0.39 is 73.8 Å². The third kappa shape index (κ3) is 6.89. The number of hydrogen-bond donors (Lipinski definition) is 5. The van der Waals surface area contributed by atoms with E-state index in [0.717, 1.165) is 0 Å². The van der Waals surface area contributed by atoms with Gasteiger partial charge in [-0.15, -0.1) is 0 Å². The van der Waals surface area contributed by atoms with Gasteiger partial charge in [0.1, 0.15) is 36.1 Å². The van der Waals surface area contributed by atoms with Crippen LogP contribution in [0.15, 0.2) is 0 Å². The summed E-state index contributed by atoms with van der Waals surface area (Å²) in [5.41, 5.74) is -4.75. The summed E-state index contributed by atoms with van der Waals surface area (Å²) in [5.74, 6) is -2.49. The zero-order valence-corrected chi connectivity index (χ0v) is 17.2. The van der Waals surface area contributed by atoms with Gasteiger partial charge in [-0.1, -0.05) is 0 Å². The van der Waals surface area contributed by atoms with Gasteiger partial charge in [-0.05, 0) is 20.8 Å². The smallest absolute Gasteiger partial charge is 0.318 e. The van der Waals surface area contributed by atoms with E-state index >= 15 is 0 Å². The lowest BCUT2D eigenvalue weighted by atomic mass is 9.90. The number of aliphatic hydroxyl groups excluding tert-OH is 4. The minimum Gasteiger partial charge on any atom is -0.464 e. The first-order chi connectivity index (χ1) is 13.0. The highest BCUT2D eigenvalue weighted by Crippen LogP contribution is 2.25. The maximum Gasteiger partial charge on any atom is 0.318 e. The average Bonchev–Trinajstić information content (AvgIpc) is 2.72. The molecule has 0 radical (unpaired) electrons. The van der Waals surface area contributed by atoms with E-state index in [-0.39, 0.29) is 12.4 Å². The zero-order valence-electron chi connectivity index (χ0n) is 16.3. The molecule has 0 bridgehead atoms. The molecular formula is C17H30O10S. The molecule has 28 heavy (non-hydrogen) atoms. The van der Waals surface area contributed by atoms with E-state index in [4.69, 9.17) is 14.2 Å². The fraction of sp³-hybridized carbons (Fsp3) is 0.824. The van der Waals surface area contributed by atoms with Crippen LogP contribution < -0.4 is 0 Å². The minimum absolute atomic E-state index is 0.0323. The fourth-order valence-corrected chi connectivity index (χ4v) is 1.72. The van der Waals surface area contributed by atoms with Crippen LogP contribution in [-0.2, 0) is 28.6 Å². The second-order valence-corrected chi connectivity index (χ2v) is 7.77. The van der Waals surface area contributed by atoms with Crippen LogP contribution in [0.25, 0.3) is 0 Å². The van der Waals surface area contributed by atoms with Crippen LogP contribution in [0.5, 0.6) is 0 Å². The van der Waals surface area contributed by atoms with Crippen molar-refractivity contribution in [2.75, 3.05) is 52.0 Å². The van der Waals surface area contributed by atoms with Crippen molar-refractivity contribution < 1.29 is 49.0 Å². The molecule has 0 spiro atoms. The first-order valence-corrected chi connectivity index (χ1v) is 9.18. The Hall–Kier alpha value is -1.40.